The molecule has 0 bridgehead atoms. The van der Waals surface area contributed by atoms with Crippen molar-refractivity contribution in [3.05, 3.63) is 45.3 Å². The number of carbonyl (C=O) groups is 2. The second kappa shape index (κ2) is 8.11. The zero-order valence-electron chi connectivity index (χ0n) is 14.2. The summed E-state index contributed by atoms with van der Waals surface area (Å²) in [6.07, 6.45) is 1.51. The van der Waals surface area contributed by atoms with Gasteiger partial charge in [0.05, 0.1) is 18.9 Å². The molecule has 0 saturated carbocycles. The molecule has 2 N–H and O–H groups in total. The summed E-state index contributed by atoms with van der Waals surface area (Å²) in [4.78, 5) is 42.8. The number of carbonyl (C=O) groups excluding carboxylic acids is 2. The van der Waals surface area contributed by atoms with Crippen molar-refractivity contribution in [3.63, 3.8) is 0 Å². The second-order valence-corrected chi connectivity index (χ2v) is 6.66. The van der Waals surface area contributed by atoms with Crippen LogP contribution in [0.4, 0.5) is 5.13 Å². The highest BCUT2D eigenvalue weighted by molar-refractivity contribution is 7.17. The van der Waals surface area contributed by atoms with Gasteiger partial charge < -0.3 is 14.2 Å². The molecule has 2 aromatic rings. The van der Waals surface area contributed by atoms with Gasteiger partial charge >= 0.3 is 0 Å². The zero-order valence-corrected chi connectivity index (χ0v) is 15.0. The number of amides is 2. The summed E-state index contributed by atoms with van der Waals surface area (Å²) in [5.74, 6) is -0.935. The number of ether oxygens (including phenoxy) is 1. The number of nitrogens with one attached hydrogen (secondary N) is 2. The first-order valence-corrected chi connectivity index (χ1v) is 8.91. The Balaban J connectivity index is 1.58. The molecule has 0 unspecified atom stereocenters. The Morgan fingerprint density at radius 1 is 1.27 bits per heavy atom. The molecule has 10 heteroatoms. The molecule has 0 aliphatic carbocycles. The van der Waals surface area contributed by atoms with Crippen LogP contribution in [0.3, 0.4) is 0 Å². The van der Waals surface area contributed by atoms with Gasteiger partial charge in [-0.2, -0.15) is 0 Å². The number of hydrazine groups is 1. The van der Waals surface area contributed by atoms with Crippen molar-refractivity contribution in [1.29, 1.82) is 0 Å². The lowest BCUT2D eigenvalue weighted by molar-refractivity contribution is -0.122. The van der Waals surface area contributed by atoms with E-state index in [4.69, 9.17) is 4.74 Å². The van der Waals surface area contributed by atoms with Crippen LogP contribution in [0.1, 0.15) is 15.4 Å². The Labute approximate surface area is 153 Å². The van der Waals surface area contributed by atoms with E-state index < -0.39 is 11.8 Å². The smallest absolute Gasteiger partial charge is 0.281 e. The van der Waals surface area contributed by atoms with Crippen molar-refractivity contribution < 1.29 is 14.3 Å². The van der Waals surface area contributed by atoms with Crippen molar-refractivity contribution in [2.24, 2.45) is 0 Å². The largest absolute Gasteiger partial charge is 0.378 e. The van der Waals surface area contributed by atoms with Gasteiger partial charge in [-0.05, 0) is 13.0 Å². The topological polar surface area (TPSA) is 106 Å². The first-order chi connectivity index (χ1) is 12.5. The predicted octanol–water partition coefficient (Wildman–Crippen LogP) is -0.0890. The van der Waals surface area contributed by atoms with Crippen molar-refractivity contribution in [3.8, 4) is 0 Å². The summed E-state index contributed by atoms with van der Waals surface area (Å²) in [5.41, 5.74) is 5.00. The third kappa shape index (κ3) is 4.27. The van der Waals surface area contributed by atoms with E-state index in [0.29, 0.717) is 23.8 Å². The molecule has 9 nitrogen and oxygen atoms in total. The highest BCUT2D eigenvalue weighted by Gasteiger charge is 2.20. The Hall–Kier alpha value is -2.72. The van der Waals surface area contributed by atoms with E-state index in [2.05, 4.69) is 20.7 Å². The summed E-state index contributed by atoms with van der Waals surface area (Å²) in [6.45, 7) is 4.30. The quantitative estimate of drug-likeness (QED) is 0.722. The van der Waals surface area contributed by atoms with E-state index in [1.165, 1.54) is 28.2 Å². The van der Waals surface area contributed by atoms with E-state index in [0.717, 1.165) is 18.2 Å². The van der Waals surface area contributed by atoms with Gasteiger partial charge in [-0.15, -0.1) is 0 Å². The lowest BCUT2D eigenvalue weighted by Crippen LogP contribution is -2.44. The molecule has 1 fully saturated rings. The summed E-state index contributed by atoms with van der Waals surface area (Å²) in [6, 6.07) is 4.61. The molecular weight excluding hydrogens is 358 g/mol. The molecular formula is C16H19N5O4S. The van der Waals surface area contributed by atoms with Crippen LogP contribution in [0, 0.1) is 6.92 Å². The van der Waals surface area contributed by atoms with Crippen molar-refractivity contribution in [2.75, 3.05) is 31.2 Å². The fraction of sp³-hybridized carbons (Fsp3) is 0.375. The summed E-state index contributed by atoms with van der Waals surface area (Å²) < 4.78 is 6.56. The minimum Gasteiger partial charge on any atom is -0.378 e. The predicted molar refractivity (Wildman–Crippen MR) is 96.2 cm³/mol. The van der Waals surface area contributed by atoms with E-state index in [1.807, 2.05) is 0 Å². The Bertz CT molecular complexity index is 856. The molecule has 3 heterocycles. The number of hydrogen-bond acceptors (Lipinski definition) is 7. The zero-order chi connectivity index (χ0) is 18.5. The first kappa shape index (κ1) is 18.1. The number of rotatable bonds is 4. The van der Waals surface area contributed by atoms with Gasteiger partial charge in [-0.25, -0.2) is 4.98 Å². The number of aromatic nitrogens is 2. The summed E-state index contributed by atoms with van der Waals surface area (Å²) in [5, 5.41) is 0.762. The molecule has 1 aliphatic heterocycles. The van der Waals surface area contributed by atoms with Gasteiger partial charge in [-0.1, -0.05) is 17.4 Å². The monoisotopic (exact) mass is 377 g/mol. The SMILES string of the molecule is Cc1nc(N2CCOCC2)sc1C(=O)NNC(=O)Cn1ccccc1=O. The maximum absolute atomic E-state index is 12.3. The van der Waals surface area contributed by atoms with Crippen LogP contribution in [0.5, 0.6) is 0 Å². The van der Waals surface area contributed by atoms with Crippen LogP contribution in [-0.2, 0) is 16.1 Å². The van der Waals surface area contributed by atoms with E-state index >= 15 is 0 Å². The van der Waals surface area contributed by atoms with Gasteiger partial charge in [0.2, 0.25) is 0 Å². The number of hydrogen-bond donors (Lipinski definition) is 2. The van der Waals surface area contributed by atoms with Gasteiger partial charge in [0.1, 0.15) is 11.4 Å². The number of aryl methyl sites for hydroxylation is 1. The first-order valence-electron chi connectivity index (χ1n) is 8.09. The fourth-order valence-electron chi connectivity index (χ4n) is 2.45. The number of morpholine rings is 1. The molecule has 26 heavy (non-hydrogen) atoms. The van der Waals surface area contributed by atoms with Gasteiger partial charge in [-0.3, -0.25) is 25.2 Å². The maximum Gasteiger partial charge on any atom is 0.281 e. The van der Waals surface area contributed by atoms with Crippen LogP contribution in [0.2, 0.25) is 0 Å². The molecule has 1 aliphatic rings. The minimum absolute atomic E-state index is 0.180. The number of anilines is 1. The van der Waals surface area contributed by atoms with Crippen molar-refractivity contribution in [2.45, 2.75) is 13.5 Å². The van der Waals surface area contributed by atoms with Crippen molar-refractivity contribution in [1.82, 2.24) is 20.4 Å². The molecule has 0 radical (unpaired) electrons. The molecule has 0 spiro atoms. The molecule has 3 rings (SSSR count). The highest BCUT2D eigenvalue weighted by Crippen LogP contribution is 2.26. The molecule has 2 amide bonds. The Morgan fingerprint density at radius 3 is 2.77 bits per heavy atom. The van der Waals surface area contributed by atoms with E-state index in [-0.39, 0.29) is 12.1 Å². The van der Waals surface area contributed by atoms with Crippen LogP contribution in [0.25, 0.3) is 0 Å². The van der Waals surface area contributed by atoms with Gasteiger partial charge in [0.15, 0.2) is 5.13 Å². The lowest BCUT2D eigenvalue weighted by Gasteiger charge is -2.25. The van der Waals surface area contributed by atoms with Crippen LogP contribution in [-0.4, -0.2) is 47.7 Å². The highest BCUT2D eigenvalue weighted by atomic mass is 32.1. The third-order valence-electron chi connectivity index (χ3n) is 3.80. The average molecular weight is 377 g/mol. The number of thiazole rings is 1. The Kier molecular flexibility index (Phi) is 5.64. The average Bonchev–Trinajstić information content (AvgIpc) is 3.04. The number of nitrogens with zero attached hydrogens (tertiary/aromatic N) is 3. The fourth-order valence-corrected chi connectivity index (χ4v) is 3.47. The lowest BCUT2D eigenvalue weighted by atomic mass is 10.4. The van der Waals surface area contributed by atoms with Crippen LogP contribution in [0.15, 0.2) is 29.2 Å². The Morgan fingerprint density at radius 2 is 2.04 bits per heavy atom. The molecule has 1 saturated heterocycles. The standard InChI is InChI=1S/C16H19N5O4S/c1-11-14(26-16(17-11)20-6-8-25-9-7-20)15(24)19-18-12(22)10-21-5-3-2-4-13(21)23/h2-5H,6-10H2,1H3,(H,18,22)(H,19,24). The van der Waals surface area contributed by atoms with Crippen LogP contribution >= 0.6 is 11.3 Å². The minimum atomic E-state index is -0.498. The van der Waals surface area contributed by atoms with Crippen LogP contribution < -0.4 is 21.3 Å². The number of pyridine rings is 1. The molecule has 2 aromatic heterocycles. The molecule has 0 aromatic carbocycles. The normalized spacial score (nSPS) is 14.1. The van der Waals surface area contributed by atoms with Gasteiger partial charge in [0, 0.05) is 25.4 Å². The summed E-state index contributed by atoms with van der Waals surface area (Å²) >= 11 is 1.27. The second-order valence-electron chi connectivity index (χ2n) is 5.68. The van der Waals surface area contributed by atoms with E-state index in [9.17, 15) is 14.4 Å². The third-order valence-corrected chi connectivity index (χ3v) is 5.02. The summed E-state index contributed by atoms with van der Waals surface area (Å²) in [7, 11) is 0. The molecule has 0 atom stereocenters. The molecule has 138 valence electrons. The van der Waals surface area contributed by atoms with E-state index in [1.54, 1.807) is 19.1 Å². The van der Waals surface area contributed by atoms with Gasteiger partial charge in [0.25, 0.3) is 17.4 Å². The maximum atomic E-state index is 12.3. The van der Waals surface area contributed by atoms with Crippen molar-refractivity contribution >= 4 is 28.3 Å².